The topological polar surface area (TPSA) is 143 Å². The lowest BCUT2D eigenvalue weighted by Gasteiger charge is -2.18. The predicted molar refractivity (Wildman–Crippen MR) is 178 cm³/mol. The van der Waals surface area contributed by atoms with Gasteiger partial charge in [-0.2, -0.15) is 0 Å². The number of nitrogens with two attached hydrogens (primary N) is 2. The van der Waals surface area contributed by atoms with E-state index in [1.165, 1.54) is 0 Å². The first-order chi connectivity index (χ1) is 21.9. The average molecular weight is 612 g/mol. The Morgan fingerprint density at radius 2 is 1.58 bits per heavy atom. The minimum Gasteiger partial charge on any atom is -0.493 e. The van der Waals surface area contributed by atoms with E-state index in [4.69, 9.17) is 20.9 Å². The Labute approximate surface area is 265 Å². The zero-order valence-corrected chi connectivity index (χ0v) is 26.3. The smallest absolute Gasteiger partial charge is 0.220 e. The maximum Gasteiger partial charge on any atom is 0.220 e. The monoisotopic (exact) mass is 611 g/mol. The van der Waals surface area contributed by atoms with Crippen LogP contribution in [0, 0.1) is 5.92 Å². The van der Waals surface area contributed by atoms with Gasteiger partial charge < -0.3 is 26.3 Å². The van der Waals surface area contributed by atoms with Gasteiger partial charge in [-0.15, -0.1) is 5.10 Å². The molecule has 1 amide bonds. The molecule has 238 valence electrons. The number of carbonyl (C=O) groups is 1. The van der Waals surface area contributed by atoms with Crippen LogP contribution in [0.3, 0.4) is 0 Å². The van der Waals surface area contributed by atoms with Gasteiger partial charge in [-0.1, -0.05) is 85.8 Å². The van der Waals surface area contributed by atoms with E-state index in [1.54, 1.807) is 4.68 Å². The molecule has 45 heavy (non-hydrogen) atoms. The van der Waals surface area contributed by atoms with Crippen molar-refractivity contribution in [3.8, 4) is 22.6 Å². The number of aromatic nitrogens is 3. The fourth-order valence-corrected chi connectivity index (χ4v) is 4.86. The second kappa shape index (κ2) is 17.4. The molecule has 0 spiro atoms. The van der Waals surface area contributed by atoms with Gasteiger partial charge in [-0.3, -0.25) is 14.5 Å². The molecule has 5 N–H and O–H groups in total. The molecule has 1 heterocycles. The molecular weight excluding hydrogens is 566 g/mol. The van der Waals surface area contributed by atoms with Gasteiger partial charge in [0.15, 0.2) is 5.96 Å². The molecule has 0 aliphatic rings. The van der Waals surface area contributed by atoms with Crippen molar-refractivity contribution in [3.05, 3.63) is 96.3 Å². The van der Waals surface area contributed by atoms with E-state index < -0.39 is 0 Å². The number of amides is 1. The van der Waals surface area contributed by atoms with Gasteiger partial charge in [0.25, 0.3) is 0 Å². The van der Waals surface area contributed by atoms with E-state index in [2.05, 4.69) is 34.5 Å². The van der Waals surface area contributed by atoms with Crippen LogP contribution in [-0.2, 0) is 24.4 Å². The molecule has 0 bridgehead atoms. The lowest BCUT2D eigenvalue weighted by Crippen LogP contribution is -2.38. The number of guanidine groups is 1. The normalized spacial score (nSPS) is 11.6. The zero-order chi connectivity index (χ0) is 31.9. The summed E-state index contributed by atoms with van der Waals surface area (Å²) in [6, 6.07) is 25.8. The Morgan fingerprint density at radius 1 is 0.911 bits per heavy atom. The van der Waals surface area contributed by atoms with Crippen LogP contribution in [0.15, 0.2) is 90.1 Å². The Hall–Kier alpha value is -4.86. The number of aryl methyl sites for hydroxylation is 1. The summed E-state index contributed by atoms with van der Waals surface area (Å²) >= 11 is 0. The van der Waals surface area contributed by atoms with Crippen molar-refractivity contribution in [1.29, 1.82) is 0 Å². The van der Waals surface area contributed by atoms with Crippen LogP contribution < -0.4 is 26.3 Å². The fraction of sp³-hybridized carbons (Fsp3) is 0.371. The number of hydrogen-bond donors (Lipinski definition) is 3. The first-order valence-corrected chi connectivity index (χ1v) is 15.6. The Morgan fingerprint density at radius 3 is 2.27 bits per heavy atom. The van der Waals surface area contributed by atoms with Crippen molar-refractivity contribution >= 4 is 11.9 Å². The number of aliphatic imine (C=N–C) groups is 1. The Kier molecular flexibility index (Phi) is 12.8. The lowest BCUT2D eigenvalue weighted by molar-refractivity contribution is -0.121. The molecule has 0 fully saturated rings. The summed E-state index contributed by atoms with van der Waals surface area (Å²) in [5.74, 6) is 2.17. The van der Waals surface area contributed by atoms with Gasteiger partial charge in [0.05, 0.1) is 19.3 Å². The summed E-state index contributed by atoms with van der Waals surface area (Å²) in [7, 11) is 0. The van der Waals surface area contributed by atoms with Crippen LogP contribution in [0.25, 0.3) is 11.1 Å². The van der Waals surface area contributed by atoms with Crippen molar-refractivity contribution in [2.75, 3.05) is 13.2 Å². The summed E-state index contributed by atoms with van der Waals surface area (Å²) in [6.45, 7) is 6.22. The molecule has 0 unspecified atom stereocenters. The molecule has 10 heteroatoms. The predicted octanol–water partition coefficient (Wildman–Crippen LogP) is 5.12. The highest BCUT2D eigenvalue weighted by Crippen LogP contribution is 2.36. The molecule has 0 aliphatic carbocycles. The highest BCUT2D eigenvalue weighted by molar-refractivity contribution is 5.77. The quantitative estimate of drug-likeness (QED) is 0.0805. The number of hydrogen-bond acceptors (Lipinski definition) is 6. The third-order valence-corrected chi connectivity index (χ3v) is 7.24. The van der Waals surface area contributed by atoms with E-state index in [0.29, 0.717) is 57.0 Å². The van der Waals surface area contributed by atoms with Crippen LogP contribution in [0.4, 0.5) is 0 Å². The van der Waals surface area contributed by atoms with Crippen LogP contribution in [0.2, 0.25) is 0 Å². The van der Waals surface area contributed by atoms with E-state index >= 15 is 0 Å². The summed E-state index contributed by atoms with van der Waals surface area (Å²) in [6.07, 6.45) is 5.31. The van der Waals surface area contributed by atoms with Crippen molar-refractivity contribution in [2.24, 2.45) is 22.4 Å². The van der Waals surface area contributed by atoms with Gasteiger partial charge in [0.1, 0.15) is 23.8 Å². The lowest BCUT2D eigenvalue weighted by atomic mass is 10.0. The zero-order valence-electron chi connectivity index (χ0n) is 26.3. The molecule has 4 aromatic rings. The van der Waals surface area contributed by atoms with Crippen LogP contribution >= 0.6 is 0 Å². The van der Waals surface area contributed by atoms with Crippen molar-refractivity contribution < 1.29 is 14.3 Å². The van der Waals surface area contributed by atoms with Crippen LogP contribution in [0.5, 0.6) is 11.5 Å². The van der Waals surface area contributed by atoms with Gasteiger partial charge in [-0.05, 0) is 49.3 Å². The number of rotatable bonds is 18. The number of para-hydroxylation sites is 2. The number of nitrogens with zero attached hydrogens (tertiary/aromatic N) is 4. The van der Waals surface area contributed by atoms with Crippen molar-refractivity contribution in [1.82, 2.24) is 20.3 Å². The van der Waals surface area contributed by atoms with Crippen molar-refractivity contribution in [3.63, 3.8) is 0 Å². The maximum absolute atomic E-state index is 12.8. The molecule has 4 rings (SSSR count). The summed E-state index contributed by atoms with van der Waals surface area (Å²) in [5, 5.41) is 11.8. The highest BCUT2D eigenvalue weighted by atomic mass is 16.5. The van der Waals surface area contributed by atoms with Gasteiger partial charge >= 0.3 is 0 Å². The third-order valence-electron chi connectivity index (χ3n) is 7.24. The maximum atomic E-state index is 12.8. The molecule has 3 aromatic carbocycles. The van der Waals surface area contributed by atoms with Gasteiger partial charge in [0, 0.05) is 30.1 Å². The molecule has 0 radical (unpaired) electrons. The average Bonchev–Trinajstić information content (AvgIpc) is 3.49. The Balaban J connectivity index is 1.38. The largest absolute Gasteiger partial charge is 0.493 e. The Bertz CT molecular complexity index is 1500. The second-order valence-corrected chi connectivity index (χ2v) is 11.4. The molecule has 1 aromatic heterocycles. The molecule has 10 nitrogen and oxygen atoms in total. The van der Waals surface area contributed by atoms with E-state index in [0.717, 1.165) is 34.6 Å². The summed E-state index contributed by atoms with van der Waals surface area (Å²) in [4.78, 5) is 16.9. The molecule has 0 aliphatic heterocycles. The minimum atomic E-state index is -0.161. The summed E-state index contributed by atoms with van der Waals surface area (Å²) < 4.78 is 14.1. The molecular formula is C35H45N7O3. The number of carbonyl (C=O) groups excluding carboxylic acids is 1. The highest BCUT2D eigenvalue weighted by Gasteiger charge is 2.16. The van der Waals surface area contributed by atoms with Gasteiger partial charge in [-0.25, -0.2) is 0 Å². The first-order valence-electron chi connectivity index (χ1n) is 15.6. The van der Waals surface area contributed by atoms with Crippen molar-refractivity contribution in [2.45, 2.75) is 65.1 Å². The summed E-state index contributed by atoms with van der Waals surface area (Å²) in [5.41, 5.74) is 14.7. The van der Waals surface area contributed by atoms with E-state index in [9.17, 15) is 4.79 Å². The van der Waals surface area contributed by atoms with Gasteiger partial charge in [0.2, 0.25) is 5.91 Å². The van der Waals surface area contributed by atoms with E-state index in [1.807, 2.05) is 85.1 Å². The van der Waals surface area contributed by atoms with Crippen LogP contribution in [0.1, 0.15) is 50.8 Å². The number of nitrogens with one attached hydrogen (secondary N) is 1. The first kappa shape index (κ1) is 33.0. The molecule has 0 saturated carbocycles. The second-order valence-electron chi connectivity index (χ2n) is 11.4. The van der Waals surface area contributed by atoms with Crippen LogP contribution in [-0.4, -0.2) is 46.1 Å². The number of benzene rings is 3. The molecule has 0 saturated heterocycles. The SMILES string of the molecule is CC(C)CCOc1ccccc1-c1ccccc1OCc1cn(C[C@@H](CCCN=C(N)N)NC(=O)CCc2ccccc2)nn1. The van der Waals surface area contributed by atoms with E-state index in [-0.39, 0.29) is 24.5 Å². The minimum absolute atomic E-state index is 0.0144. The fourth-order valence-electron chi connectivity index (χ4n) is 4.86. The number of ether oxygens (including phenoxy) is 2. The third kappa shape index (κ3) is 11.3. The standard InChI is InChI=1S/C35H45N7O3/c1-26(2)20-22-44-32-16-8-6-14-30(32)31-15-7-9-17-33(31)45-25-29-24-42(41-40-29)23-28(13-10-21-38-35(36)37)39-34(43)19-18-27-11-4-3-5-12-27/h3-9,11-12,14-17,24,26,28H,10,13,18-23,25H2,1-2H3,(H,39,43)(H4,36,37,38)/t28-/m1/s1. The molecule has 1 atom stereocenters.